The van der Waals surface area contributed by atoms with Crippen LogP contribution in [0.1, 0.15) is 12.0 Å². The number of para-hydroxylation sites is 1. The first-order valence-electron chi connectivity index (χ1n) is 13.9. The number of ether oxygens (including phenoxy) is 2. The Kier molecular flexibility index (Phi) is 8.85. The summed E-state index contributed by atoms with van der Waals surface area (Å²) in [7, 11) is 7.65. The normalized spacial score (nSPS) is 13.1. The van der Waals surface area contributed by atoms with Crippen LogP contribution in [0.15, 0.2) is 67.5 Å². The first-order chi connectivity index (χ1) is 20.4. The number of amides is 1. The maximum Gasteiger partial charge on any atom is 0.247 e. The van der Waals surface area contributed by atoms with E-state index in [1.807, 2.05) is 63.9 Å². The van der Waals surface area contributed by atoms with E-state index < -0.39 is 0 Å². The van der Waals surface area contributed by atoms with Crippen molar-refractivity contribution >= 4 is 45.4 Å². The number of benzene rings is 2. The van der Waals surface area contributed by atoms with Gasteiger partial charge in [-0.1, -0.05) is 30.9 Å². The maximum absolute atomic E-state index is 12.4. The van der Waals surface area contributed by atoms with Crippen molar-refractivity contribution in [3.63, 3.8) is 0 Å². The Morgan fingerprint density at radius 3 is 2.74 bits per heavy atom. The summed E-state index contributed by atoms with van der Waals surface area (Å²) >= 11 is 0. The molecule has 10 heteroatoms. The number of fused-ring (bicyclic) bond motifs is 1. The zero-order valence-corrected chi connectivity index (χ0v) is 24.5. The van der Waals surface area contributed by atoms with Gasteiger partial charge in [-0.15, -0.1) is 0 Å². The van der Waals surface area contributed by atoms with Crippen molar-refractivity contribution in [1.82, 2.24) is 19.9 Å². The standard InChI is InChI=1S/C32H37N7O3/c1-6-30(40)35-26-17-27(29(41-5)18-28(26)39(4)14-13-38(2)3)36-32-34-19-23(21-11-15-42-16-12-21)31(37-32)24-20-33-25-10-8-7-9-22(24)25/h6-11,17-20,33H,1,12-16H2,2-5H3,(H,35,40)(H,34,36,37). The number of nitrogens with zero attached hydrogens (tertiary/aromatic N) is 4. The first kappa shape index (κ1) is 28.8. The van der Waals surface area contributed by atoms with Gasteiger partial charge in [0.2, 0.25) is 11.9 Å². The van der Waals surface area contributed by atoms with Crippen molar-refractivity contribution in [3.05, 3.63) is 73.1 Å². The molecule has 0 atom stereocenters. The van der Waals surface area contributed by atoms with Crippen molar-refractivity contribution in [3.8, 4) is 17.0 Å². The smallest absolute Gasteiger partial charge is 0.247 e. The molecule has 2 aromatic heterocycles. The maximum atomic E-state index is 12.4. The first-order valence-corrected chi connectivity index (χ1v) is 13.9. The molecule has 42 heavy (non-hydrogen) atoms. The zero-order chi connectivity index (χ0) is 29.6. The Balaban J connectivity index is 1.57. The number of aromatic amines is 1. The molecular weight excluding hydrogens is 530 g/mol. The quantitative estimate of drug-likeness (QED) is 0.210. The summed E-state index contributed by atoms with van der Waals surface area (Å²) in [4.78, 5) is 29.6. The van der Waals surface area contributed by atoms with Gasteiger partial charge >= 0.3 is 0 Å². The van der Waals surface area contributed by atoms with Gasteiger partial charge in [0.15, 0.2) is 0 Å². The number of aromatic nitrogens is 3. The van der Waals surface area contributed by atoms with Crippen LogP contribution in [0.3, 0.4) is 0 Å². The van der Waals surface area contributed by atoms with Crippen molar-refractivity contribution in [2.24, 2.45) is 0 Å². The lowest BCUT2D eigenvalue weighted by Gasteiger charge is -2.26. The average molecular weight is 568 g/mol. The second kappa shape index (κ2) is 12.9. The molecule has 218 valence electrons. The van der Waals surface area contributed by atoms with E-state index in [0.717, 1.165) is 58.5 Å². The van der Waals surface area contributed by atoms with Gasteiger partial charge in [-0.3, -0.25) is 4.79 Å². The highest BCUT2D eigenvalue weighted by Gasteiger charge is 2.20. The number of nitrogens with one attached hydrogen (secondary N) is 3. The summed E-state index contributed by atoms with van der Waals surface area (Å²) in [6.45, 7) is 6.42. The second-order valence-electron chi connectivity index (χ2n) is 10.4. The SMILES string of the molecule is C=CC(=O)Nc1cc(Nc2ncc(C3=CCOCC3)c(-c3c[nH]c4ccccc34)n2)c(OC)cc1N(C)CCN(C)C. The van der Waals surface area contributed by atoms with E-state index in [1.165, 1.54) is 6.08 Å². The molecule has 0 fully saturated rings. The van der Waals surface area contributed by atoms with E-state index in [2.05, 4.69) is 44.1 Å². The molecule has 0 aliphatic carbocycles. The van der Waals surface area contributed by atoms with Crippen molar-refractivity contribution < 1.29 is 14.3 Å². The number of carbonyl (C=O) groups is 1. The third-order valence-electron chi connectivity index (χ3n) is 7.24. The van der Waals surface area contributed by atoms with Crippen molar-refractivity contribution in [2.45, 2.75) is 6.42 Å². The highest BCUT2D eigenvalue weighted by Crippen LogP contribution is 2.39. The molecule has 1 aliphatic rings. The molecule has 3 heterocycles. The Bertz CT molecular complexity index is 1630. The summed E-state index contributed by atoms with van der Waals surface area (Å²) in [6.07, 6.45) is 7.98. The van der Waals surface area contributed by atoms with Gasteiger partial charge in [-0.25, -0.2) is 9.97 Å². The van der Waals surface area contributed by atoms with E-state index in [9.17, 15) is 4.79 Å². The number of methoxy groups -OCH3 is 1. The molecule has 1 aliphatic heterocycles. The molecule has 0 bridgehead atoms. The summed E-state index contributed by atoms with van der Waals surface area (Å²) < 4.78 is 11.3. The number of H-pyrrole nitrogens is 1. The van der Waals surface area contributed by atoms with Gasteiger partial charge < -0.3 is 34.9 Å². The van der Waals surface area contributed by atoms with Crippen molar-refractivity contribution in [1.29, 1.82) is 0 Å². The van der Waals surface area contributed by atoms with Crippen LogP contribution in [0.5, 0.6) is 5.75 Å². The summed E-state index contributed by atoms with van der Waals surface area (Å²) in [6, 6.07) is 11.9. The lowest BCUT2D eigenvalue weighted by molar-refractivity contribution is -0.111. The molecule has 0 saturated carbocycles. The molecular formula is C32H37N7O3. The molecule has 3 N–H and O–H groups in total. The fraction of sp³-hybridized carbons (Fsp3) is 0.281. The molecule has 0 radical (unpaired) electrons. The number of anilines is 4. The Hall–Kier alpha value is -4.67. The number of hydrogen-bond acceptors (Lipinski definition) is 8. The second-order valence-corrected chi connectivity index (χ2v) is 10.4. The number of rotatable bonds is 11. The Morgan fingerprint density at radius 2 is 2.00 bits per heavy atom. The van der Waals surface area contributed by atoms with Crippen molar-refractivity contribution in [2.75, 3.05) is 70.1 Å². The largest absolute Gasteiger partial charge is 0.494 e. The molecule has 5 rings (SSSR count). The van der Waals surface area contributed by atoms with Gasteiger partial charge in [-0.2, -0.15) is 0 Å². The average Bonchev–Trinajstić information content (AvgIpc) is 3.44. The van der Waals surface area contributed by atoms with Crippen LogP contribution in [0, 0.1) is 0 Å². The number of likely N-dealkylation sites (N-methyl/N-ethyl adjacent to an activating group) is 2. The van der Waals surface area contributed by atoms with Crippen LogP contribution in [-0.2, 0) is 9.53 Å². The minimum Gasteiger partial charge on any atom is -0.494 e. The highest BCUT2D eigenvalue weighted by molar-refractivity contribution is 6.02. The fourth-order valence-corrected chi connectivity index (χ4v) is 4.95. The molecule has 2 aromatic carbocycles. The Morgan fingerprint density at radius 1 is 1.17 bits per heavy atom. The Labute approximate surface area is 246 Å². The van der Waals surface area contributed by atoms with Crippen LogP contribution in [-0.4, -0.2) is 80.3 Å². The topological polar surface area (TPSA) is 108 Å². The lowest BCUT2D eigenvalue weighted by Crippen LogP contribution is -2.29. The highest BCUT2D eigenvalue weighted by atomic mass is 16.5. The number of carbonyl (C=O) groups excluding carboxylic acids is 1. The van der Waals surface area contributed by atoms with E-state index >= 15 is 0 Å². The van der Waals surface area contributed by atoms with E-state index in [1.54, 1.807) is 7.11 Å². The minimum atomic E-state index is -0.305. The summed E-state index contributed by atoms with van der Waals surface area (Å²) in [5.41, 5.74) is 7.01. The minimum absolute atomic E-state index is 0.305. The van der Waals surface area contributed by atoms with Crippen LogP contribution in [0.2, 0.25) is 0 Å². The van der Waals surface area contributed by atoms with Gasteiger partial charge in [-0.05, 0) is 44.3 Å². The summed E-state index contributed by atoms with van der Waals surface area (Å²) in [5.74, 6) is 0.687. The molecule has 10 nitrogen and oxygen atoms in total. The molecule has 0 spiro atoms. The van der Waals surface area contributed by atoms with Gasteiger partial charge in [0.25, 0.3) is 0 Å². The van der Waals surface area contributed by atoms with Gasteiger partial charge in [0, 0.05) is 60.6 Å². The molecule has 1 amide bonds. The molecule has 0 unspecified atom stereocenters. The van der Waals surface area contributed by atoms with Crippen LogP contribution in [0.25, 0.3) is 27.7 Å². The molecule has 0 saturated heterocycles. The number of hydrogen-bond donors (Lipinski definition) is 3. The van der Waals surface area contributed by atoms with Gasteiger partial charge in [0.05, 0.1) is 43.1 Å². The van der Waals surface area contributed by atoms with E-state index in [0.29, 0.717) is 36.3 Å². The predicted molar refractivity (Wildman–Crippen MR) is 170 cm³/mol. The predicted octanol–water partition coefficient (Wildman–Crippen LogP) is 5.30. The van der Waals surface area contributed by atoms with Crippen LogP contribution >= 0.6 is 0 Å². The lowest BCUT2D eigenvalue weighted by atomic mass is 9.97. The monoisotopic (exact) mass is 567 g/mol. The third-order valence-corrected chi connectivity index (χ3v) is 7.24. The van der Waals surface area contributed by atoms with Gasteiger partial charge in [0.1, 0.15) is 5.75 Å². The zero-order valence-electron chi connectivity index (χ0n) is 24.5. The summed E-state index contributed by atoms with van der Waals surface area (Å²) in [5, 5.41) is 7.36. The van der Waals surface area contributed by atoms with Crippen LogP contribution < -0.4 is 20.3 Å². The third kappa shape index (κ3) is 6.29. The van der Waals surface area contributed by atoms with E-state index in [4.69, 9.17) is 19.4 Å². The molecule has 4 aromatic rings. The van der Waals surface area contributed by atoms with Crippen LogP contribution in [0.4, 0.5) is 23.0 Å². The van der Waals surface area contributed by atoms with E-state index in [-0.39, 0.29) is 5.91 Å². The fourth-order valence-electron chi connectivity index (χ4n) is 4.95.